The van der Waals surface area contributed by atoms with Gasteiger partial charge in [-0.25, -0.2) is 0 Å². The van der Waals surface area contributed by atoms with Gasteiger partial charge in [-0.05, 0) is 94.5 Å². The van der Waals surface area contributed by atoms with Gasteiger partial charge in [0.1, 0.15) is 6.10 Å². The van der Waals surface area contributed by atoms with E-state index in [0.717, 1.165) is 48.9 Å². The number of hydrogen-bond acceptors (Lipinski definition) is 5. The zero-order chi connectivity index (χ0) is 25.2. The summed E-state index contributed by atoms with van der Waals surface area (Å²) in [6.45, 7) is 6.77. The molecule has 7 unspecified atom stereocenters. The van der Waals surface area contributed by atoms with Crippen molar-refractivity contribution in [3.63, 3.8) is 0 Å². The number of benzene rings is 1. The van der Waals surface area contributed by atoms with Crippen molar-refractivity contribution in [1.82, 2.24) is 15.1 Å². The molecular weight excluding hydrogens is 450 g/mol. The van der Waals surface area contributed by atoms with Crippen molar-refractivity contribution in [2.24, 2.45) is 11.3 Å². The molecule has 190 valence electrons. The number of aliphatic hydroxyl groups is 2. The number of aryl methyl sites for hydroxylation is 1. The van der Waals surface area contributed by atoms with Gasteiger partial charge in [-0.1, -0.05) is 30.7 Å². The molecule has 3 N–H and O–H groups in total. The van der Waals surface area contributed by atoms with Crippen molar-refractivity contribution in [1.29, 1.82) is 0 Å². The van der Waals surface area contributed by atoms with Gasteiger partial charge < -0.3 is 19.8 Å². The Labute approximate surface area is 212 Å². The first-order valence-corrected chi connectivity index (χ1v) is 13.4. The maximum absolute atomic E-state index is 11.2. The summed E-state index contributed by atoms with van der Waals surface area (Å²) in [5.74, 6) is 0.346. The number of hydrogen-bond donors (Lipinski definition) is 3. The van der Waals surface area contributed by atoms with Crippen LogP contribution in [0.5, 0.6) is 0 Å². The third-order valence-electron chi connectivity index (χ3n) is 10.5. The van der Waals surface area contributed by atoms with E-state index in [9.17, 15) is 10.2 Å². The molecule has 0 amide bonds. The smallest absolute Gasteiger partial charge is 0.105 e. The number of aliphatic hydroxyl groups excluding tert-OH is 2. The molecule has 3 heterocycles. The molecule has 1 aromatic carbocycles. The van der Waals surface area contributed by atoms with Crippen molar-refractivity contribution >= 4 is 16.5 Å². The van der Waals surface area contributed by atoms with Crippen LogP contribution < -0.4 is 0 Å². The van der Waals surface area contributed by atoms with Crippen LogP contribution in [0.2, 0.25) is 0 Å². The minimum Gasteiger partial charge on any atom is -0.388 e. The zero-order valence-electron chi connectivity index (χ0n) is 21.9. The molecule has 6 nitrogen and oxygen atoms in total. The van der Waals surface area contributed by atoms with E-state index in [1.807, 2.05) is 19.0 Å². The highest BCUT2D eigenvalue weighted by Gasteiger charge is 2.68. The molecule has 3 aliphatic carbocycles. The summed E-state index contributed by atoms with van der Waals surface area (Å²) in [4.78, 5) is 2.04. The van der Waals surface area contributed by atoms with Crippen LogP contribution in [-0.2, 0) is 4.74 Å². The molecule has 5 aliphatic rings. The van der Waals surface area contributed by atoms with Gasteiger partial charge in [-0.15, -0.1) is 0 Å². The maximum Gasteiger partial charge on any atom is 0.105 e. The van der Waals surface area contributed by atoms with Gasteiger partial charge in [-0.2, -0.15) is 5.10 Å². The highest BCUT2D eigenvalue weighted by molar-refractivity contribution is 5.87. The van der Waals surface area contributed by atoms with E-state index >= 15 is 0 Å². The predicted octanol–water partition coefficient (Wildman–Crippen LogP) is 4.28. The van der Waals surface area contributed by atoms with Crippen LogP contribution in [0.4, 0.5) is 0 Å². The summed E-state index contributed by atoms with van der Waals surface area (Å²) in [6, 6.07) is 6.53. The lowest BCUT2D eigenvalue weighted by Crippen LogP contribution is -2.62. The van der Waals surface area contributed by atoms with Crippen LogP contribution in [0.3, 0.4) is 0 Å². The summed E-state index contributed by atoms with van der Waals surface area (Å²) in [5.41, 5.74) is 7.47. The van der Waals surface area contributed by atoms with Crippen LogP contribution in [0, 0.1) is 18.3 Å². The van der Waals surface area contributed by atoms with Crippen LogP contribution in [-0.4, -0.2) is 68.9 Å². The molecule has 7 rings (SSSR count). The Bertz CT molecular complexity index is 1380. The summed E-state index contributed by atoms with van der Waals surface area (Å²) >= 11 is 0. The number of aromatic nitrogens is 2. The molecule has 2 spiro atoms. The number of rotatable bonds is 2. The molecule has 2 bridgehead atoms. The lowest BCUT2D eigenvalue weighted by Gasteiger charge is -2.56. The second-order valence-corrected chi connectivity index (χ2v) is 12.5. The predicted molar refractivity (Wildman–Crippen MR) is 140 cm³/mol. The summed E-state index contributed by atoms with van der Waals surface area (Å²) < 4.78 is 7.32. The number of H-pyrrole nitrogens is 1. The van der Waals surface area contributed by atoms with E-state index in [2.05, 4.69) is 61.3 Å². The topological polar surface area (TPSA) is 81.6 Å². The Hall–Kier alpha value is -2.25. The minimum atomic E-state index is -0.891. The molecule has 1 aromatic heterocycles. The van der Waals surface area contributed by atoms with E-state index in [1.165, 1.54) is 27.7 Å². The van der Waals surface area contributed by atoms with Crippen molar-refractivity contribution in [2.75, 3.05) is 14.1 Å². The number of fused-ring (bicyclic) bond motifs is 2. The normalized spacial score (nSPS) is 41.3. The monoisotopic (exact) mass is 487 g/mol. The number of nitrogens with one attached hydrogen (secondary N) is 1. The van der Waals surface area contributed by atoms with E-state index in [-0.39, 0.29) is 17.1 Å². The van der Waals surface area contributed by atoms with Crippen molar-refractivity contribution in [3.8, 4) is 0 Å². The second kappa shape index (κ2) is 7.19. The highest BCUT2D eigenvalue weighted by atomic mass is 16.5. The van der Waals surface area contributed by atoms with Crippen LogP contribution in [0.1, 0.15) is 57.2 Å². The van der Waals surface area contributed by atoms with Crippen LogP contribution in [0.25, 0.3) is 16.5 Å². The molecule has 2 fully saturated rings. The second-order valence-electron chi connectivity index (χ2n) is 12.5. The maximum atomic E-state index is 11.2. The SMILES string of the molecule is CC1=C2C=C3C(O)C(O)C(N(C)C)CC34CCC2(O4)C2CC=C(c3ccc4n[nH]c(C)c4c3)C2(C)C1. The summed E-state index contributed by atoms with van der Waals surface area (Å²) in [7, 11) is 3.97. The Morgan fingerprint density at radius 1 is 1.17 bits per heavy atom. The van der Waals surface area contributed by atoms with E-state index < -0.39 is 17.8 Å². The Kier molecular flexibility index (Phi) is 4.58. The fourth-order valence-electron chi connectivity index (χ4n) is 8.75. The Morgan fingerprint density at radius 3 is 2.75 bits per heavy atom. The molecule has 1 saturated carbocycles. The molecule has 1 saturated heterocycles. The number of allylic oxidation sites excluding steroid dienone is 3. The highest BCUT2D eigenvalue weighted by Crippen LogP contribution is 2.69. The van der Waals surface area contributed by atoms with Crippen molar-refractivity contribution in [2.45, 2.75) is 82.3 Å². The zero-order valence-corrected chi connectivity index (χ0v) is 21.9. The molecule has 2 aliphatic heterocycles. The average Bonchev–Trinajstić information content (AvgIpc) is 3.48. The van der Waals surface area contributed by atoms with Gasteiger partial charge in [0.2, 0.25) is 0 Å². The van der Waals surface area contributed by atoms with Gasteiger partial charge in [0.25, 0.3) is 0 Å². The summed E-state index contributed by atoms with van der Waals surface area (Å²) in [6.07, 6.45) is 7.55. The van der Waals surface area contributed by atoms with E-state index in [4.69, 9.17) is 4.74 Å². The number of ether oxygens (including phenoxy) is 1. The number of likely N-dealkylation sites (N-methyl/N-ethyl adjacent to an activating group) is 1. The quantitative estimate of drug-likeness (QED) is 0.589. The number of nitrogens with zero attached hydrogens (tertiary/aromatic N) is 2. The Morgan fingerprint density at radius 2 is 1.97 bits per heavy atom. The average molecular weight is 488 g/mol. The third-order valence-corrected chi connectivity index (χ3v) is 10.5. The fourth-order valence-corrected chi connectivity index (χ4v) is 8.75. The van der Waals surface area contributed by atoms with Crippen LogP contribution in [0.15, 0.2) is 47.1 Å². The fraction of sp³-hybridized carbons (Fsp3) is 0.567. The Balaban J connectivity index is 1.33. The van der Waals surface area contributed by atoms with Crippen molar-refractivity contribution < 1.29 is 14.9 Å². The minimum absolute atomic E-state index is 0.0243. The van der Waals surface area contributed by atoms with Gasteiger partial charge in [0, 0.05) is 28.5 Å². The van der Waals surface area contributed by atoms with Gasteiger partial charge >= 0.3 is 0 Å². The van der Waals surface area contributed by atoms with Gasteiger partial charge in [-0.3, -0.25) is 5.10 Å². The molecule has 7 atom stereocenters. The largest absolute Gasteiger partial charge is 0.388 e. The molecule has 6 heteroatoms. The molecule has 36 heavy (non-hydrogen) atoms. The first-order chi connectivity index (χ1) is 17.1. The molecule has 2 aromatic rings. The van der Waals surface area contributed by atoms with Crippen LogP contribution >= 0.6 is 0 Å². The van der Waals surface area contributed by atoms with Gasteiger partial charge in [0.15, 0.2) is 0 Å². The number of aromatic amines is 1. The van der Waals surface area contributed by atoms with E-state index in [0.29, 0.717) is 5.92 Å². The molecule has 0 radical (unpaired) electrons. The first kappa shape index (κ1) is 22.9. The standard InChI is InChI=1S/C30H37N3O3/c1-16-14-28(3)20(18-6-8-23-19(12-18)17(2)31-32-23)7-9-25(28)30-11-10-29(36-30)15-24(33(4)5)27(35)26(34)22(29)13-21(16)30/h6-8,12-13,24-27,34-35H,9-11,14-15H2,1-5H3,(H,31,32). The summed E-state index contributed by atoms with van der Waals surface area (Å²) in [5, 5.41) is 30.9. The lowest BCUT2D eigenvalue weighted by molar-refractivity contribution is -0.162. The van der Waals surface area contributed by atoms with Gasteiger partial charge in [0.05, 0.1) is 22.8 Å². The van der Waals surface area contributed by atoms with E-state index in [1.54, 1.807) is 0 Å². The lowest BCUT2D eigenvalue weighted by atomic mass is 9.56. The first-order valence-electron chi connectivity index (χ1n) is 13.4. The van der Waals surface area contributed by atoms with Crippen molar-refractivity contribution in [3.05, 3.63) is 58.3 Å². The molecular formula is C30H37N3O3. The third kappa shape index (κ3) is 2.68.